The molecule has 2 heterocycles. The van der Waals surface area contributed by atoms with E-state index in [1.54, 1.807) is 4.90 Å². The van der Waals surface area contributed by atoms with E-state index in [1.165, 1.54) is 6.92 Å². The number of piperidine rings is 2. The second kappa shape index (κ2) is 5.46. The first-order valence-electron chi connectivity index (χ1n) is 6.55. The number of rotatable bonds is 2. The third kappa shape index (κ3) is 3.15. The first-order valence-corrected chi connectivity index (χ1v) is 6.55. The van der Waals surface area contributed by atoms with E-state index in [-0.39, 0.29) is 23.9 Å². The number of nitrogens with zero attached hydrogens (tertiary/aromatic N) is 1. The van der Waals surface area contributed by atoms with Crippen molar-refractivity contribution in [3.05, 3.63) is 0 Å². The van der Waals surface area contributed by atoms with Crippen molar-refractivity contribution in [1.29, 1.82) is 0 Å². The predicted octanol–water partition coefficient (Wildman–Crippen LogP) is -0.230. The van der Waals surface area contributed by atoms with E-state index in [0.29, 0.717) is 19.5 Å². The molecule has 2 aliphatic rings. The highest BCUT2D eigenvalue weighted by Crippen LogP contribution is 2.25. The van der Waals surface area contributed by atoms with Gasteiger partial charge in [0.1, 0.15) is 6.04 Å². The number of hydrogen-bond acceptors (Lipinski definition) is 3. The van der Waals surface area contributed by atoms with Gasteiger partial charge in [0.05, 0.1) is 0 Å². The van der Waals surface area contributed by atoms with Gasteiger partial charge in [-0.25, -0.2) is 4.79 Å². The normalized spacial score (nSPS) is 28.1. The summed E-state index contributed by atoms with van der Waals surface area (Å²) in [6.07, 6.45) is 2.02. The van der Waals surface area contributed by atoms with E-state index in [0.717, 1.165) is 12.8 Å². The van der Waals surface area contributed by atoms with Crippen LogP contribution in [0, 0.1) is 5.92 Å². The zero-order chi connectivity index (χ0) is 14.0. The summed E-state index contributed by atoms with van der Waals surface area (Å²) in [6.45, 7) is 2.55. The lowest BCUT2D eigenvalue weighted by molar-refractivity contribution is -0.138. The van der Waals surface area contributed by atoms with Gasteiger partial charge in [-0.15, -0.1) is 0 Å². The molecule has 2 rings (SSSR count). The standard InChI is InChI=1S/C12H19N3O4/c1-7(11(17)18)13-12(19)15-5-4-9-8(6-15)2-3-10(16)14-9/h7-9H,2-6H2,1H3,(H,13,19)(H,14,16)(H,17,18)/t7-,8?,9?/m0/s1. The molecule has 0 radical (unpaired) electrons. The number of urea groups is 1. The van der Waals surface area contributed by atoms with Crippen LogP contribution in [0.15, 0.2) is 0 Å². The molecular weight excluding hydrogens is 250 g/mol. The van der Waals surface area contributed by atoms with Crippen molar-refractivity contribution in [3.63, 3.8) is 0 Å². The molecule has 2 saturated heterocycles. The molecule has 3 N–H and O–H groups in total. The Kier molecular flexibility index (Phi) is 3.92. The summed E-state index contributed by atoms with van der Waals surface area (Å²) >= 11 is 0. The summed E-state index contributed by atoms with van der Waals surface area (Å²) in [5, 5.41) is 14.2. The molecule has 2 aliphatic heterocycles. The Morgan fingerprint density at radius 1 is 1.47 bits per heavy atom. The first kappa shape index (κ1) is 13.6. The van der Waals surface area contributed by atoms with Crippen molar-refractivity contribution in [1.82, 2.24) is 15.5 Å². The molecule has 7 nitrogen and oxygen atoms in total. The van der Waals surface area contributed by atoms with Crippen molar-refractivity contribution in [2.45, 2.75) is 38.3 Å². The van der Waals surface area contributed by atoms with Crippen LogP contribution in [0.2, 0.25) is 0 Å². The Labute approximate surface area is 111 Å². The molecule has 3 atom stereocenters. The van der Waals surface area contributed by atoms with E-state index in [2.05, 4.69) is 10.6 Å². The number of carboxylic acid groups (broad SMARTS) is 1. The summed E-state index contributed by atoms with van der Waals surface area (Å²) in [4.78, 5) is 35.5. The van der Waals surface area contributed by atoms with Crippen LogP contribution in [0.25, 0.3) is 0 Å². The Bertz CT molecular complexity index is 398. The maximum atomic E-state index is 11.9. The van der Waals surface area contributed by atoms with Gasteiger partial charge in [-0.3, -0.25) is 9.59 Å². The highest BCUT2D eigenvalue weighted by atomic mass is 16.4. The summed E-state index contributed by atoms with van der Waals surface area (Å²) in [5.74, 6) is -0.691. The first-order chi connectivity index (χ1) is 8.97. The fourth-order valence-electron chi connectivity index (χ4n) is 2.63. The fourth-order valence-corrected chi connectivity index (χ4v) is 2.63. The number of amides is 3. The molecule has 0 aliphatic carbocycles. The van der Waals surface area contributed by atoms with Gasteiger partial charge in [-0.1, -0.05) is 0 Å². The number of carbonyl (C=O) groups excluding carboxylic acids is 2. The van der Waals surface area contributed by atoms with Gasteiger partial charge in [-0.05, 0) is 25.7 Å². The molecule has 2 unspecified atom stereocenters. The van der Waals surface area contributed by atoms with Crippen LogP contribution in [0.3, 0.4) is 0 Å². The minimum Gasteiger partial charge on any atom is -0.480 e. The number of carbonyl (C=O) groups is 3. The lowest BCUT2D eigenvalue weighted by atomic mass is 9.85. The number of likely N-dealkylation sites (tertiary alicyclic amines) is 1. The minimum absolute atomic E-state index is 0.0821. The van der Waals surface area contributed by atoms with Crippen LogP contribution in [-0.2, 0) is 9.59 Å². The second-order valence-electron chi connectivity index (χ2n) is 5.22. The van der Waals surface area contributed by atoms with Crippen LogP contribution >= 0.6 is 0 Å². The van der Waals surface area contributed by atoms with Crippen molar-refractivity contribution in [3.8, 4) is 0 Å². The number of fused-ring (bicyclic) bond motifs is 1. The SMILES string of the molecule is C[C@H](NC(=O)N1CCC2NC(=O)CCC2C1)C(=O)O. The summed E-state index contributed by atoms with van der Waals surface area (Å²) in [5.41, 5.74) is 0. The lowest BCUT2D eigenvalue weighted by Crippen LogP contribution is -2.57. The van der Waals surface area contributed by atoms with Crippen molar-refractivity contribution >= 4 is 17.9 Å². The van der Waals surface area contributed by atoms with E-state index < -0.39 is 12.0 Å². The fraction of sp³-hybridized carbons (Fsp3) is 0.750. The van der Waals surface area contributed by atoms with Gasteiger partial charge >= 0.3 is 12.0 Å². The monoisotopic (exact) mass is 269 g/mol. The Balaban J connectivity index is 1.88. The molecule has 0 saturated carbocycles. The van der Waals surface area contributed by atoms with Gasteiger partial charge in [0.25, 0.3) is 0 Å². The Morgan fingerprint density at radius 2 is 2.21 bits per heavy atom. The molecule has 0 bridgehead atoms. The molecule has 106 valence electrons. The van der Waals surface area contributed by atoms with Crippen LogP contribution in [0.4, 0.5) is 4.79 Å². The van der Waals surface area contributed by atoms with E-state index in [4.69, 9.17) is 5.11 Å². The number of hydrogen-bond donors (Lipinski definition) is 3. The zero-order valence-electron chi connectivity index (χ0n) is 10.9. The smallest absolute Gasteiger partial charge is 0.325 e. The van der Waals surface area contributed by atoms with Gasteiger partial charge in [0.15, 0.2) is 0 Å². The van der Waals surface area contributed by atoms with Crippen LogP contribution in [-0.4, -0.2) is 53.1 Å². The molecule has 0 aromatic carbocycles. The molecular formula is C12H19N3O4. The summed E-state index contributed by atoms with van der Waals surface area (Å²) in [7, 11) is 0. The summed E-state index contributed by atoms with van der Waals surface area (Å²) < 4.78 is 0. The molecule has 19 heavy (non-hydrogen) atoms. The van der Waals surface area contributed by atoms with Crippen molar-refractivity contribution in [2.24, 2.45) is 5.92 Å². The Hall–Kier alpha value is -1.79. The third-order valence-electron chi connectivity index (χ3n) is 3.82. The average Bonchev–Trinajstić information content (AvgIpc) is 2.37. The van der Waals surface area contributed by atoms with Crippen molar-refractivity contribution in [2.75, 3.05) is 13.1 Å². The summed E-state index contributed by atoms with van der Waals surface area (Å²) in [6, 6.07) is -1.08. The van der Waals surface area contributed by atoms with E-state index >= 15 is 0 Å². The van der Waals surface area contributed by atoms with Crippen LogP contribution < -0.4 is 10.6 Å². The van der Waals surface area contributed by atoms with Gasteiger partial charge < -0.3 is 20.6 Å². The molecule has 7 heteroatoms. The van der Waals surface area contributed by atoms with Crippen LogP contribution in [0.5, 0.6) is 0 Å². The van der Waals surface area contributed by atoms with Gasteiger partial charge in [-0.2, -0.15) is 0 Å². The largest absolute Gasteiger partial charge is 0.480 e. The maximum Gasteiger partial charge on any atom is 0.325 e. The van der Waals surface area contributed by atoms with Gasteiger partial charge in [0, 0.05) is 25.6 Å². The quantitative estimate of drug-likeness (QED) is 0.645. The predicted molar refractivity (Wildman–Crippen MR) is 66.5 cm³/mol. The molecule has 3 amide bonds. The number of nitrogens with one attached hydrogen (secondary N) is 2. The molecule has 0 spiro atoms. The maximum absolute atomic E-state index is 11.9. The van der Waals surface area contributed by atoms with E-state index in [1.807, 2.05) is 0 Å². The van der Waals surface area contributed by atoms with Gasteiger partial charge in [0.2, 0.25) is 5.91 Å². The highest BCUT2D eigenvalue weighted by molar-refractivity contribution is 5.82. The second-order valence-corrected chi connectivity index (χ2v) is 5.22. The third-order valence-corrected chi connectivity index (χ3v) is 3.82. The van der Waals surface area contributed by atoms with Crippen LogP contribution in [0.1, 0.15) is 26.2 Å². The van der Waals surface area contributed by atoms with Crippen molar-refractivity contribution < 1.29 is 19.5 Å². The zero-order valence-corrected chi connectivity index (χ0v) is 10.9. The molecule has 2 fully saturated rings. The Morgan fingerprint density at radius 3 is 2.89 bits per heavy atom. The lowest BCUT2D eigenvalue weighted by Gasteiger charge is -2.41. The highest BCUT2D eigenvalue weighted by Gasteiger charge is 2.35. The molecule has 0 aromatic heterocycles. The molecule has 0 aromatic rings. The topological polar surface area (TPSA) is 98.7 Å². The number of aliphatic carboxylic acids is 1. The number of carboxylic acids is 1. The average molecular weight is 269 g/mol. The van der Waals surface area contributed by atoms with E-state index in [9.17, 15) is 14.4 Å². The minimum atomic E-state index is -1.05.